The highest BCUT2D eigenvalue weighted by Gasteiger charge is 2.30. The van der Waals surface area contributed by atoms with E-state index >= 15 is 0 Å². The molecule has 0 spiro atoms. The molecule has 1 aliphatic rings. The van der Waals surface area contributed by atoms with Gasteiger partial charge in [0.25, 0.3) is 0 Å². The number of nitrogen functional groups attached to an aromatic ring is 1. The van der Waals surface area contributed by atoms with E-state index in [1.807, 2.05) is 0 Å². The van der Waals surface area contributed by atoms with E-state index in [0.717, 1.165) is 0 Å². The third kappa shape index (κ3) is 3.07. The topological polar surface area (TPSA) is 66.6 Å². The number of para-hydroxylation sites is 1. The molecular formula is C16H17F2N3O2S. The number of hydrogen-bond donors (Lipinski definition) is 1. The monoisotopic (exact) mass is 353 g/mol. The Kier molecular flexibility index (Phi) is 4.42. The Bertz CT molecular complexity index is 813. The SMILES string of the molecule is Nc1ccc(S(=O)(=O)N2CCN(c3c(F)cccc3F)CC2)cc1. The summed E-state index contributed by atoms with van der Waals surface area (Å²) in [4.78, 5) is 1.68. The maximum absolute atomic E-state index is 13.8. The van der Waals surface area contributed by atoms with Crippen molar-refractivity contribution < 1.29 is 17.2 Å². The molecule has 0 aromatic heterocycles. The molecule has 1 saturated heterocycles. The highest BCUT2D eigenvalue weighted by atomic mass is 32.2. The highest BCUT2D eigenvalue weighted by molar-refractivity contribution is 7.89. The molecule has 0 amide bonds. The standard InChI is InChI=1S/C16H17F2N3O2S/c17-14-2-1-3-15(18)16(14)20-8-10-21(11-9-20)24(22,23)13-6-4-12(19)5-7-13/h1-7H,8-11,19H2. The number of nitrogens with two attached hydrogens (primary N) is 1. The maximum Gasteiger partial charge on any atom is 0.243 e. The third-order valence-corrected chi connectivity index (χ3v) is 5.92. The van der Waals surface area contributed by atoms with Gasteiger partial charge in [0, 0.05) is 31.9 Å². The molecule has 2 N–H and O–H groups in total. The van der Waals surface area contributed by atoms with E-state index in [2.05, 4.69) is 0 Å². The molecule has 3 rings (SSSR count). The van der Waals surface area contributed by atoms with Crippen molar-refractivity contribution in [2.45, 2.75) is 4.90 Å². The molecule has 0 radical (unpaired) electrons. The van der Waals surface area contributed by atoms with Crippen LogP contribution in [0.2, 0.25) is 0 Å². The minimum Gasteiger partial charge on any atom is -0.399 e. The van der Waals surface area contributed by atoms with E-state index in [0.29, 0.717) is 5.69 Å². The van der Waals surface area contributed by atoms with Crippen LogP contribution in [0.15, 0.2) is 47.4 Å². The van der Waals surface area contributed by atoms with Crippen LogP contribution in [0.3, 0.4) is 0 Å². The lowest BCUT2D eigenvalue weighted by Crippen LogP contribution is -2.49. The van der Waals surface area contributed by atoms with Crippen LogP contribution in [0.25, 0.3) is 0 Å². The van der Waals surface area contributed by atoms with E-state index in [-0.39, 0.29) is 36.8 Å². The normalized spacial score (nSPS) is 16.3. The molecule has 2 aromatic rings. The fourth-order valence-corrected chi connectivity index (χ4v) is 4.15. The van der Waals surface area contributed by atoms with Gasteiger partial charge in [-0.25, -0.2) is 17.2 Å². The average molecular weight is 353 g/mol. The first-order valence-corrected chi connectivity index (χ1v) is 8.88. The molecule has 1 heterocycles. The number of rotatable bonds is 3. The highest BCUT2D eigenvalue weighted by Crippen LogP contribution is 2.26. The number of piperazine rings is 1. The minimum atomic E-state index is -3.64. The lowest BCUT2D eigenvalue weighted by molar-refractivity contribution is 0.381. The molecule has 1 aliphatic heterocycles. The summed E-state index contributed by atoms with van der Waals surface area (Å²) in [5.41, 5.74) is 5.94. The van der Waals surface area contributed by atoms with Crippen molar-refractivity contribution in [3.8, 4) is 0 Å². The van der Waals surface area contributed by atoms with Crippen LogP contribution >= 0.6 is 0 Å². The van der Waals surface area contributed by atoms with Gasteiger partial charge in [0.05, 0.1) is 4.90 Å². The van der Waals surface area contributed by atoms with E-state index in [4.69, 9.17) is 5.73 Å². The van der Waals surface area contributed by atoms with Crippen LogP contribution < -0.4 is 10.6 Å². The van der Waals surface area contributed by atoms with Gasteiger partial charge in [-0.1, -0.05) is 6.07 Å². The van der Waals surface area contributed by atoms with Crippen LogP contribution in [-0.2, 0) is 10.0 Å². The molecular weight excluding hydrogens is 336 g/mol. The van der Waals surface area contributed by atoms with Crippen LogP contribution in [0.1, 0.15) is 0 Å². The Morgan fingerprint density at radius 2 is 1.42 bits per heavy atom. The molecule has 0 bridgehead atoms. The van der Waals surface area contributed by atoms with Gasteiger partial charge in [0.2, 0.25) is 10.0 Å². The minimum absolute atomic E-state index is 0.109. The molecule has 1 fully saturated rings. The Labute approximate surface area is 139 Å². The summed E-state index contributed by atoms with van der Waals surface area (Å²) < 4.78 is 54.2. The zero-order chi connectivity index (χ0) is 17.3. The summed E-state index contributed by atoms with van der Waals surface area (Å²) in [7, 11) is -3.64. The number of sulfonamides is 1. The Morgan fingerprint density at radius 1 is 0.875 bits per heavy atom. The van der Waals surface area contributed by atoms with Crippen LogP contribution in [-0.4, -0.2) is 38.9 Å². The fourth-order valence-electron chi connectivity index (χ4n) is 2.73. The van der Waals surface area contributed by atoms with Crippen molar-refractivity contribution in [3.63, 3.8) is 0 Å². The summed E-state index contributed by atoms with van der Waals surface area (Å²) >= 11 is 0. The van der Waals surface area contributed by atoms with Crippen molar-refractivity contribution in [2.24, 2.45) is 0 Å². The summed E-state index contributed by atoms with van der Waals surface area (Å²) in [6, 6.07) is 9.64. The number of nitrogens with zero attached hydrogens (tertiary/aromatic N) is 2. The Morgan fingerprint density at radius 3 is 1.96 bits per heavy atom. The van der Waals surface area contributed by atoms with E-state index in [1.54, 1.807) is 0 Å². The van der Waals surface area contributed by atoms with Crippen molar-refractivity contribution in [1.29, 1.82) is 0 Å². The van der Waals surface area contributed by atoms with E-state index in [9.17, 15) is 17.2 Å². The lowest BCUT2D eigenvalue weighted by atomic mass is 10.2. The second kappa shape index (κ2) is 6.37. The number of hydrogen-bond acceptors (Lipinski definition) is 4. The molecule has 0 saturated carbocycles. The Balaban J connectivity index is 1.76. The van der Waals surface area contributed by atoms with Gasteiger partial charge in [-0.2, -0.15) is 4.31 Å². The van der Waals surface area contributed by atoms with Gasteiger partial charge in [-0.05, 0) is 36.4 Å². The van der Waals surface area contributed by atoms with Crippen molar-refractivity contribution in [3.05, 3.63) is 54.1 Å². The Hall–Kier alpha value is -2.19. The zero-order valence-corrected chi connectivity index (χ0v) is 13.6. The first-order chi connectivity index (χ1) is 11.4. The van der Waals surface area contributed by atoms with Crippen molar-refractivity contribution >= 4 is 21.4 Å². The van der Waals surface area contributed by atoms with Gasteiger partial charge in [-0.3, -0.25) is 0 Å². The number of benzene rings is 2. The molecule has 24 heavy (non-hydrogen) atoms. The van der Waals surface area contributed by atoms with Gasteiger partial charge >= 0.3 is 0 Å². The van der Waals surface area contributed by atoms with E-state index < -0.39 is 21.7 Å². The molecule has 8 heteroatoms. The molecule has 0 unspecified atom stereocenters. The fraction of sp³-hybridized carbons (Fsp3) is 0.250. The van der Waals surface area contributed by atoms with Gasteiger partial charge < -0.3 is 10.6 Å². The van der Waals surface area contributed by atoms with E-state index in [1.165, 1.54) is 51.7 Å². The first-order valence-electron chi connectivity index (χ1n) is 7.44. The average Bonchev–Trinajstić information content (AvgIpc) is 2.55. The summed E-state index contributed by atoms with van der Waals surface area (Å²) in [6.45, 7) is 0.735. The molecule has 2 aromatic carbocycles. The quantitative estimate of drug-likeness (QED) is 0.858. The summed E-state index contributed by atoms with van der Waals surface area (Å²) in [6.07, 6.45) is 0. The first kappa shape index (κ1) is 16.7. The molecule has 0 aliphatic carbocycles. The summed E-state index contributed by atoms with van der Waals surface area (Å²) in [5.74, 6) is -1.30. The largest absolute Gasteiger partial charge is 0.399 e. The second-order valence-electron chi connectivity index (χ2n) is 5.53. The molecule has 128 valence electrons. The predicted molar refractivity (Wildman–Crippen MR) is 88.2 cm³/mol. The van der Waals surface area contributed by atoms with Gasteiger partial charge in [-0.15, -0.1) is 0 Å². The molecule has 0 atom stereocenters. The summed E-state index contributed by atoms with van der Waals surface area (Å²) in [5, 5.41) is 0. The van der Waals surface area contributed by atoms with Crippen LogP contribution in [0.5, 0.6) is 0 Å². The maximum atomic E-state index is 13.8. The molecule has 5 nitrogen and oxygen atoms in total. The lowest BCUT2D eigenvalue weighted by Gasteiger charge is -2.35. The van der Waals surface area contributed by atoms with Gasteiger partial charge in [0.1, 0.15) is 17.3 Å². The smallest absolute Gasteiger partial charge is 0.243 e. The van der Waals surface area contributed by atoms with Crippen LogP contribution in [0.4, 0.5) is 20.2 Å². The number of anilines is 2. The van der Waals surface area contributed by atoms with Crippen molar-refractivity contribution in [1.82, 2.24) is 4.31 Å². The number of halogens is 2. The second-order valence-corrected chi connectivity index (χ2v) is 7.47. The third-order valence-electron chi connectivity index (χ3n) is 4.01. The van der Waals surface area contributed by atoms with Crippen LogP contribution in [0, 0.1) is 11.6 Å². The van der Waals surface area contributed by atoms with Gasteiger partial charge in [0.15, 0.2) is 0 Å². The zero-order valence-electron chi connectivity index (χ0n) is 12.8. The van der Waals surface area contributed by atoms with Crippen molar-refractivity contribution in [2.75, 3.05) is 36.8 Å². The predicted octanol–water partition coefficient (Wildman–Crippen LogP) is 2.06.